The van der Waals surface area contributed by atoms with Crippen LogP contribution < -0.4 is 0 Å². The molecule has 0 radical (unpaired) electrons. The third-order valence-electron chi connectivity index (χ3n) is 3.98. The monoisotopic (exact) mass is 360 g/mol. The van der Waals surface area contributed by atoms with Crippen molar-refractivity contribution in [3.8, 4) is 0 Å². The lowest BCUT2D eigenvalue weighted by molar-refractivity contribution is 0.175. The van der Waals surface area contributed by atoms with Crippen molar-refractivity contribution in [2.24, 2.45) is 5.92 Å². The van der Waals surface area contributed by atoms with Crippen molar-refractivity contribution >= 4 is 38.6 Å². The molecule has 2 atom stereocenters. The average Bonchev–Trinajstić information content (AvgIpc) is 3.06. The molecule has 2 unspecified atom stereocenters. The fraction of sp³-hybridized carbons (Fsp3) is 0.500. The molecule has 1 aliphatic heterocycles. The minimum Gasteiger partial charge on any atom is -0.381 e. The summed E-state index contributed by atoms with van der Waals surface area (Å²) >= 11 is 9.25. The molecule has 1 aliphatic rings. The number of fused-ring (bicyclic) bond motifs is 1. The first-order valence-corrected chi connectivity index (χ1v) is 7.94. The number of benzene rings is 1. The summed E-state index contributed by atoms with van der Waals surface area (Å²) in [5.74, 6) is 1.23. The summed E-state index contributed by atoms with van der Waals surface area (Å²) in [7, 11) is 0. The Labute approximate surface area is 130 Å². The van der Waals surface area contributed by atoms with Crippen molar-refractivity contribution in [2.75, 3.05) is 13.2 Å². The zero-order valence-electron chi connectivity index (χ0n) is 11.1. The first kappa shape index (κ1) is 14.3. The minimum atomic E-state index is -0.305. The predicted octanol–water partition coefficient (Wildman–Crippen LogP) is 4.27. The number of halogens is 3. The van der Waals surface area contributed by atoms with E-state index in [0.717, 1.165) is 31.0 Å². The maximum absolute atomic E-state index is 13.6. The first-order chi connectivity index (χ1) is 9.61. The zero-order valence-corrected chi connectivity index (χ0v) is 13.4. The fourth-order valence-corrected chi connectivity index (χ4v) is 3.35. The van der Waals surface area contributed by atoms with Gasteiger partial charge in [-0.15, -0.1) is 11.6 Å². The maximum atomic E-state index is 13.6. The highest BCUT2D eigenvalue weighted by Gasteiger charge is 2.27. The molecule has 108 valence electrons. The van der Waals surface area contributed by atoms with Gasteiger partial charge in [0, 0.05) is 24.6 Å². The van der Waals surface area contributed by atoms with Gasteiger partial charge in [0.25, 0.3) is 0 Å². The van der Waals surface area contributed by atoms with Gasteiger partial charge in [0.2, 0.25) is 0 Å². The van der Waals surface area contributed by atoms with Gasteiger partial charge in [-0.3, -0.25) is 0 Å². The second-order valence-corrected chi connectivity index (χ2v) is 6.27. The summed E-state index contributed by atoms with van der Waals surface area (Å²) in [6.45, 7) is 3.70. The topological polar surface area (TPSA) is 27.1 Å². The summed E-state index contributed by atoms with van der Waals surface area (Å²) in [5.41, 5.74) is 1.56. The number of ether oxygens (including phenoxy) is 1. The molecule has 1 aromatic carbocycles. The van der Waals surface area contributed by atoms with Crippen molar-refractivity contribution in [3.63, 3.8) is 0 Å². The van der Waals surface area contributed by atoms with Crippen LogP contribution in [0.5, 0.6) is 0 Å². The third-order valence-corrected chi connectivity index (χ3v) is 4.83. The molecule has 1 aromatic heterocycles. The average molecular weight is 362 g/mol. The molecule has 0 N–H and O–H groups in total. The van der Waals surface area contributed by atoms with Crippen LogP contribution in [0.2, 0.25) is 0 Å². The van der Waals surface area contributed by atoms with E-state index in [-0.39, 0.29) is 11.9 Å². The molecule has 20 heavy (non-hydrogen) atoms. The molecule has 3 rings (SSSR count). The van der Waals surface area contributed by atoms with Crippen LogP contribution in [0.4, 0.5) is 4.39 Å². The SMILES string of the molecule is CC(C1CCOC1)n1c(CCl)nc2cc(F)c(Br)cc21. The molecule has 1 saturated heterocycles. The van der Waals surface area contributed by atoms with Gasteiger partial charge in [-0.25, -0.2) is 9.37 Å². The fourth-order valence-electron chi connectivity index (χ4n) is 2.83. The molecule has 0 saturated carbocycles. The Hall–Kier alpha value is -0.650. The Balaban J connectivity index is 2.13. The minimum absolute atomic E-state index is 0.230. The van der Waals surface area contributed by atoms with Crippen LogP contribution in [0.3, 0.4) is 0 Å². The number of rotatable bonds is 3. The summed E-state index contributed by atoms with van der Waals surface area (Å²) in [6.07, 6.45) is 1.03. The normalized spacial score (nSPS) is 20.7. The van der Waals surface area contributed by atoms with Gasteiger partial charge in [-0.2, -0.15) is 0 Å². The Kier molecular flexibility index (Phi) is 4.02. The molecule has 6 heteroatoms. The molecule has 0 spiro atoms. The number of hydrogen-bond acceptors (Lipinski definition) is 2. The number of aromatic nitrogens is 2. The van der Waals surface area contributed by atoms with Crippen molar-refractivity contribution < 1.29 is 9.13 Å². The van der Waals surface area contributed by atoms with Gasteiger partial charge in [0.05, 0.1) is 28.0 Å². The van der Waals surface area contributed by atoms with Gasteiger partial charge in [0.1, 0.15) is 11.6 Å². The van der Waals surface area contributed by atoms with E-state index in [4.69, 9.17) is 16.3 Å². The van der Waals surface area contributed by atoms with Crippen LogP contribution in [0.1, 0.15) is 25.2 Å². The molecule has 3 nitrogen and oxygen atoms in total. The van der Waals surface area contributed by atoms with Crippen LogP contribution in [0.15, 0.2) is 16.6 Å². The van der Waals surface area contributed by atoms with Crippen molar-refractivity contribution in [1.29, 1.82) is 0 Å². The zero-order chi connectivity index (χ0) is 14.3. The second-order valence-electron chi connectivity index (χ2n) is 5.15. The van der Waals surface area contributed by atoms with Crippen LogP contribution in [-0.4, -0.2) is 22.8 Å². The molecule has 0 bridgehead atoms. The molecule has 0 amide bonds. The standard InChI is InChI=1S/C14H15BrClFN2O/c1-8(9-2-3-20-7-9)19-13-4-10(15)11(17)5-12(13)18-14(19)6-16/h4-5,8-9H,2-3,6-7H2,1H3. The maximum Gasteiger partial charge on any atom is 0.139 e. The highest BCUT2D eigenvalue weighted by molar-refractivity contribution is 9.10. The van der Waals surface area contributed by atoms with Gasteiger partial charge in [-0.05, 0) is 35.3 Å². The van der Waals surface area contributed by atoms with Gasteiger partial charge < -0.3 is 9.30 Å². The summed E-state index contributed by atoms with van der Waals surface area (Å²) in [5, 5.41) is 0. The summed E-state index contributed by atoms with van der Waals surface area (Å²) in [6, 6.07) is 3.46. The number of alkyl halides is 1. The van der Waals surface area contributed by atoms with E-state index in [2.05, 4.69) is 32.4 Å². The Morgan fingerprint density at radius 3 is 3.05 bits per heavy atom. The summed E-state index contributed by atoms with van der Waals surface area (Å²) in [4.78, 5) is 4.45. The van der Waals surface area contributed by atoms with E-state index in [0.29, 0.717) is 21.8 Å². The van der Waals surface area contributed by atoms with Gasteiger partial charge in [-0.1, -0.05) is 0 Å². The molecule has 2 heterocycles. The van der Waals surface area contributed by atoms with Crippen molar-refractivity contribution in [2.45, 2.75) is 25.3 Å². The van der Waals surface area contributed by atoms with E-state index in [1.807, 2.05) is 0 Å². The highest BCUT2D eigenvalue weighted by atomic mass is 79.9. The largest absolute Gasteiger partial charge is 0.381 e. The van der Waals surface area contributed by atoms with Crippen LogP contribution in [0, 0.1) is 11.7 Å². The van der Waals surface area contributed by atoms with Crippen LogP contribution in [-0.2, 0) is 10.6 Å². The molecule has 0 aliphatic carbocycles. The highest BCUT2D eigenvalue weighted by Crippen LogP contribution is 2.33. The number of hydrogen-bond donors (Lipinski definition) is 0. The Morgan fingerprint density at radius 2 is 2.40 bits per heavy atom. The Bertz CT molecular complexity index is 640. The lowest BCUT2D eigenvalue weighted by atomic mass is 10.0. The molecular formula is C14H15BrClFN2O. The van der Waals surface area contributed by atoms with E-state index < -0.39 is 0 Å². The van der Waals surface area contributed by atoms with Crippen molar-refractivity contribution in [1.82, 2.24) is 9.55 Å². The number of nitrogens with zero attached hydrogens (tertiary/aromatic N) is 2. The lowest BCUT2D eigenvalue weighted by Crippen LogP contribution is -2.18. The predicted molar refractivity (Wildman–Crippen MR) is 80.6 cm³/mol. The van der Waals surface area contributed by atoms with Crippen molar-refractivity contribution in [3.05, 3.63) is 28.2 Å². The van der Waals surface area contributed by atoms with E-state index in [9.17, 15) is 4.39 Å². The third kappa shape index (κ3) is 2.36. The smallest absolute Gasteiger partial charge is 0.139 e. The first-order valence-electron chi connectivity index (χ1n) is 6.61. The second kappa shape index (κ2) is 5.62. The molecule has 2 aromatic rings. The lowest BCUT2D eigenvalue weighted by Gasteiger charge is -2.22. The van der Waals surface area contributed by atoms with E-state index in [1.54, 1.807) is 6.07 Å². The molecular weight excluding hydrogens is 347 g/mol. The number of imidazole rings is 1. The van der Waals surface area contributed by atoms with Crippen LogP contribution in [0.25, 0.3) is 11.0 Å². The Morgan fingerprint density at radius 1 is 1.60 bits per heavy atom. The molecule has 1 fully saturated rings. The van der Waals surface area contributed by atoms with E-state index in [1.165, 1.54) is 6.07 Å². The summed E-state index contributed by atoms with van der Waals surface area (Å²) < 4.78 is 21.7. The van der Waals surface area contributed by atoms with Crippen LogP contribution >= 0.6 is 27.5 Å². The van der Waals surface area contributed by atoms with E-state index >= 15 is 0 Å². The van der Waals surface area contributed by atoms with Gasteiger partial charge >= 0.3 is 0 Å². The van der Waals surface area contributed by atoms with Gasteiger partial charge in [0.15, 0.2) is 0 Å². The quantitative estimate of drug-likeness (QED) is 0.763.